The van der Waals surface area contributed by atoms with Crippen molar-refractivity contribution in [1.82, 2.24) is 0 Å². The summed E-state index contributed by atoms with van der Waals surface area (Å²) >= 11 is 1.82. The highest BCUT2D eigenvalue weighted by molar-refractivity contribution is 7.99. The van der Waals surface area contributed by atoms with E-state index in [0.29, 0.717) is 6.04 Å². The molecule has 4 heteroatoms. The van der Waals surface area contributed by atoms with Crippen LogP contribution in [0.3, 0.4) is 0 Å². The lowest BCUT2D eigenvalue weighted by atomic mass is 9.90. The normalized spacial score (nSPS) is 21.5. The number of benzene rings is 1. The molecule has 0 atom stereocenters. The van der Waals surface area contributed by atoms with E-state index in [4.69, 9.17) is 9.47 Å². The lowest BCUT2D eigenvalue weighted by Crippen LogP contribution is -2.39. The van der Waals surface area contributed by atoms with E-state index in [0.717, 1.165) is 44.6 Å². The fourth-order valence-corrected chi connectivity index (χ4v) is 3.82. The van der Waals surface area contributed by atoms with E-state index in [9.17, 15) is 0 Å². The molecule has 1 heterocycles. The molecule has 1 N–H and O–H groups in total. The van der Waals surface area contributed by atoms with Gasteiger partial charge in [0.05, 0.1) is 13.2 Å². The Hall–Kier alpha value is -0.970. The quantitative estimate of drug-likeness (QED) is 0.656. The largest absolute Gasteiger partial charge is 0.381 e. The molecule has 0 radical (unpaired) electrons. The van der Waals surface area contributed by atoms with Crippen molar-refractivity contribution in [2.24, 2.45) is 0 Å². The predicted molar refractivity (Wildman–Crippen MR) is 87.9 cm³/mol. The van der Waals surface area contributed by atoms with Gasteiger partial charge in [-0.15, -0.1) is 18.3 Å². The number of para-hydroxylation sites is 1. The number of ether oxygens (including phenoxy) is 2. The molecule has 1 aromatic rings. The van der Waals surface area contributed by atoms with Gasteiger partial charge >= 0.3 is 0 Å². The van der Waals surface area contributed by atoms with Gasteiger partial charge in [-0.25, -0.2) is 0 Å². The van der Waals surface area contributed by atoms with Crippen LogP contribution in [0.5, 0.6) is 0 Å². The Labute approximate surface area is 131 Å². The monoisotopic (exact) mass is 305 g/mol. The molecule has 0 aromatic heterocycles. The van der Waals surface area contributed by atoms with Crippen LogP contribution in [0.15, 0.2) is 41.8 Å². The van der Waals surface area contributed by atoms with Gasteiger partial charge in [-0.1, -0.05) is 18.2 Å². The summed E-state index contributed by atoms with van der Waals surface area (Å²) < 4.78 is 11.6. The molecule has 1 saturated heterocycles. The molecule has 2 fully saturated rings. The zero-order chi connectivity index (χ0) is 14.5. The Bertz CT molecular complexity index is 475. The number of hydrogen-bond acceptors (Lipinski definition) is 4. The first-order valence-electron chi connectivity index (χ1n) is 7.68. The fraction of sp³-hybridized carbons (Fsp3) is 0.529. The van der Waals surface area contributed by atoms with Crippen molar-refractivity contribution in [3.63, 3.8) is 0 Å². The standard InChI is InChI=1S/C17H23NO2S/c1-2-13-21-16-6-4-3-5-15(16)18-14-7-9-17(10-8-14)19-11-12-20-17/h2-6,14,18H,1,7-13H2. The van der Waals surface area contributed by atoms with Gasteiger partial charge in [0.15, 0.2) is 5.79 Å². The van der Waals surface area contributed by atoms with Crippen molar-refractivity contribution < 1.29 is 9.47 Å². The van der Waals surface area contributed by atoms with E-state index in [1.807, 2.05) is 17.8 Å². The molecule has 3 nitrogen and oxygen atoms in total. The SMILES string of the molecule is C=CCSc1ccccc1NC1CCC2(CC1)OCCO2. The van der Waals surface area contributed by atoms with Gasteiger partial charge in [-0.3, -0.25) is 0 Å². The molecule has 0 amide bonds. The van der Waals surface area contributed by atoms with Crippen molar-refractivity contribution in [1.29, 1.82) is 0 Å². The van der Waals surface area contributed by atoms with Crippen LogP contribution in [0.4, 0.5) is 5.69 Å². The maximum absolute atomic E-state index is 5.79. The Morgan fingerprint density at radius 3 is 2.67 bits per heavy atom. The molecule has 1 aliphatic heterocycles. The van der Waals surface area contributed by atoms with E-state index in [2.05, 4.69) is 36.2 Å². The van der Waals surface area contributed by atoms with Gasteiger partial charge in [-0.05, 0) is 25.0 Å². The highest BCUT2D eigenvalue weighted by atomic mass is 32.2. The molecule has 3 rings (SSSR count). The first-order valence-corrected chi connectivity index (χ1v) is 8.67. The molecular formula is C17H23NO2S. The Kier molecular flexibility index (Phi) is 4.88. The number of hydrogen-bond donors (Lipinski definition) is 1. The lowest BCUT2D eigenvalue weighted by Gasteiger charge is -2.36. The topological polar surface area (TPSA) is 30.5 Å². The van der Waals surface area contributed by atoms with E-state index >= 15 is 0 Å². The van der Waals surface area contributed by atoms with Crippen LogP contribution in [0.1, 0.15) is 25.7 Å². The molecule has 21 heavy (non-hydrogen) atoms. The number of anilines is 1. The zero-order valence-electron chi connectivity index (χ0n) is 12.3. The van der Waals surface area contributed by atoms with Gasteiger partial charge in [0.1, 0.15) is 0 Å². The van der Waals surface area contributed by atoms with Crippen molar-refractivity contribution in [3.05, 3.63) is 36.9 Å². The molecular weight excluding hydrogens is 282 g/mol. The average molecular weight is 305 g/mol. The molecule has 1 saturated carbocycles. The zero-order valence-corrected chi connectivity index (χ0v) is 13.2. The van der Waals surface area contributed by atoms with E-state index in [1.54, 1.807) is 0 Å². The third-order valence-electron chi connectivity index (χ3n) is 4.16. The molecule has 1 aromatic carbocycles. The number of rotatable bonds is 5. The third kappa shape index (κ3) is 3.62. The minimum Gasteiger partial charge on any atom is -0.381 e. The lowest BCUT2D eigenvalue weighted by molar-refractivity contribution is -0.177. The maximum Gasteiger partial charge on any atom is 0.168 e. The summed E-state index contributed by atoms with van der Waals surface area (Å²) in [5.41, 5.74) is 1.23. The van der Waals surface area contributed by atoms with Gasteiger partial charge in [0.2, 0.25) is 0 Å². The first-order chi connectivity index (χ1) is 10.3. The minimum atomic E-state index is -0.269. The van der Waals surface area contributed by atoms with Crippen molar-refractivity contribution in [2.75, 3.05) is 24.3 Å². The second kappa shape index (κ2) is 6.86. The van der Waals surface area contributed by atoms with Crippen molar-refractivity contribution >= 4 is 17.4 Å². The van der Waals surface area contributed by atoms with E-state index in [-0.39, 0.29) is 5.79 Å². The van der Waals surface area contributed by atoms with Crippen molar-refractivity contribution in [3.8, 4) is 0 Å². The Morgan fingerprint density at radius 2 is 1.95 bits per heavy atom. The van der Waals surface area contributed by atoms with Crippen LogP contribution < -0.4 is 5.32 Å². The molecule has 114 valence electrons. The fourth-order valence-electron chi connectivity index (χ4n) is 3.07. The van der Waals surface area contributed by atoms with Gasteiger partial charge < -0.3 is 14.8 Å². The van der Waals surface area contributed by atoms with Crippen LogP contribution in [0.2, 0.25) is 0 Å². The maximum atomic E-state index is 5.79. The van der Waals surface area contributed by atoms with Gasteiger partial charge in [0, 0.05) is 35.2 Å². The third-order valence-corrected chi connectivity index (χ3v) is 5.23. The minimum absolute atomic E-state index is 0.269. The van der Waals surface area contributed by atoms with Crippen molar-refractivity contribution in [2.45, 2.75) is 42.4 Å². The first kappa shape index (κ1) is 14.9. The summed E-state index contributed by atoms with van der Waals surface area (Å²) in [6.07, 6.45) is 6.13. The van der Waals surface area contributed by atoms with E-state index in [1.165, 1.54) is 10.6 Å². The van der Waals surface area contributed by atoms with Gasteiger partial charge in [0.25, 0.3) is 0 Å². The summed E-state index contributed by atoms with van der Waals surface area (Å²) in [5, 5.41) is 3.70. The highest BCUT2D eigenvalue weighted by Crippen LogP contribution is 2.37. The Morgan fingerprint density at radius 1 is 1.24 bits per heavy atom. The summed E-state index contributed by atoms with van der Waals surface area (Å²) in [6.45, 7) is 5.29. The summed E-state index contributed by atoms with van der Waals surface area (Å²) in [6, 6.07) is 9.02. The molecule has 0 unspecified atom stereocenters. The second-order valence-electron chi connectivity index (χ2n) is 5.62. The molecule has 1 aliphatic carbocycles. The Balaban J connectivity index is 1.58. The van der Waals surface area contributed by atoms with Gasteiger partial charge in [-0.2, -0.15) is 0 Å². The van der Waals surface area contributed by atoms with Crippen LogP contribution in [-0.2, 0) is 9.47 Å². The van der Waals surface area contributed by atoms with Crippen LogP contribution in [0, 0.1) is 0 Å². The van der Waals surface area contributed by atoms with Crippen LogP contribution in [-0.4, -0.2) is 30.8 Å². The molecule has 2 aliphatic rings. The van der Waals surface area contributed by atoms with Crippen LogP contribution in [0.25, 0.3) is 0 Å². The summed E-state index contributed by atoms with van der Waals surface area (Å²) in [5.74, 6) is 0.670. The average Bonchev–Trinajstić information content (AvgIpc) is 2.97. The molecule has 1 spiro atoms. The number of nitrogens with one attached hydrogen (secondary N) is 1. The smallest absolute Gasteiger partial charge is 0.168 e. The summed E-state index contributed by atoms with van der Waals surface area (Å²) in [4.78, 5) is 1.30. The molecule has 0 bridgehead atoms. The van der Waals surface area contributed by atoms with Crippen LogP contribution >= 0.6 is 11.8 Å². The highest BCUT2D eigenvalue weighted by Gasteiger charge is 2.40. The number of thioether (sulfide) groups is 1. The van der Waals surface area contributed by atoms with E-state index < -0.39 is 0 Å². The summed E-state index contributed by atoms with van der Waals surface area (Å²) in [7, 11) is 0. The second-order valence-corrected chi connectivity index (χ2v) is 6.68. The predicted octanol–water partition coefficient (Wildman–Crippen LogP) is 4.06.